The van der Waals surface area contributed by atoms with Crippen LogP contribution in [0.2, 0.25) is 0 Å². The third-order valence-electron chi connectivity index (χ3n) is 1.48. The summed E-state index contributed by atoms with van der Waals surface area (Å²) in [6.45, 7) is 6.64. The molecule has 0 aliphatic rings. The first-order valence-electron chi connectivity index (χ1n) is 4.50. The van der Waals surface area contributed by atoms with E-state index in [1.54, 1.807) is 13.8 Å². The summed E-state index contributed by atoms with van der Waals surface area (Å²) >= 11 is 0. The second-order valence-electron chi connectivity index (χ2n) is 2.62. The highest BCUT2D eigenvalue weighted by Gasteiger charge is 2.12. The molecule has 0 fully saturated rings. The van der Waals surface area contributed by atoms with E-state index in [1.807, 2.05) is 0 Å². The molecule has 0 spiro atoms. The number of unbranched alkanes of at least 4 members (excludes halogenated alkanes) is 1. The van der Waals surface area contributed by atoms with Gasteiger partial charge < -0.3 is 9.47 Å². The lowest BCUT2D eigenvalue weighted by Gasteiger charge is -2.10. The maximum absolute atomic E-state index is 11.0. The monoisotopic (exact) mass is 174 g/mol. The molecule has 0 heterocycles. The van der Waals surface area contributed by atoms with Gasteiger partial charge in [-0.1, -0.05) is 13.3 Å². The van der Waals surface area contributed by atoms with Crippen LogP contribution in [0.5, 0.6) is 0 Å². The average Bonchev–Trinajstić information content (AvgIpc) is 2.05. The van der Waals surface area contributed by atoms with Crippen molar-refractivity contribution in [1.82, 2.24) is 0 Å². The largest absolute Gasteiger partial charge is 0.464 e. The van der Waals surface area contributed by atoms with E-state index in [0.717, 1.165) is 12.8 Å². The van der Waals surface area contributed by atoms with Crippen LogP contribution >= 0.6 is 0 Å². The van der Waals surface area contributed by atoms with Crippen LogP contribution < -0.4 is 0 Å². The molecule has 0 radical (unpaired) electrons. The predicted octanol–water partition coefficient (Wildman–Crippen LogP) is 1.75. The van der Waals surface area contributed by atoms with E-state index in [1.165, 1.54) is 0 Å². The first-order valence-corrected chi connectivity index (χ1v) is 4.50. The minimum Gasteiger partial charge on any atom is -0.464 e. The van der Waals surface area contributed by atoms with E-state index in [9.17, 15) is 4.79 Å². The Hall–Kier alpha value is -0.570. The molecular weight excluding hydrogens is 156 g/mol. The fourth-order valence-electron chi connectivity index (χ4n) is 0.732. The van der Waals surface area contributed by atoms with Crippen molar-refractivity contribution in [3.05, 3.63) is 0 Å². The quantitative estimate of drug-likeness (QED) is 0.454. The van der Waals surface area contributed by atoms with Gasteiger partial charge in [0.15, 0.2) is 6.10 Å². The minimum absolute atomic E-state index is 0.270. The highest BCUT2D eigenvalue weighted by molar-refractivity contribution is 5.74. The van der Waals surface area contributed by atoms with Crippen LogP contribution in [0.25, 0.3) is 0 Å². The molecular formula is C9H18O3. The lowest BCUT2D eigenvalue weighted by atomic mass is 10.3. The van der Waals surface area contributed by atoms with Gasteiger partial charge in [-0.2, -0.15) is 0 Å². The van der Waals surface area contributed by atoms with Crippen molar-refractivity contribution >= 4 is 5.97 Å². The summed E-state index contributed by atoms with van der Waals surface area (Å²) in [6.07, 6.45) is 1.65. The van der Waals surface area contributed by atoms with E-state index >= 15 is 0 Å². The second kappa shape index (κ2) is 7.10. The fraction of sp³-hybridized carbons (Fsp3) is 0.889. The Morgan fingerprint density at radius 2 is 2.08 bits per heavy atom. The molecule has 1 atom stereocenters. The van der Waals surface area contributed by atoms with Gasteiger partial charge in [-0.15, -0.1) is 0 Å². The number of ether oxygens (including phenoxy) is 2. The molecule has 0 aliphatic heterocycles. The Morgan fingerprint density at radius 3 is 2.58 bits per heavy atom. The summed E-state index contributed by atoms with van der Waals surface area (Å²) in [7, 11) is 0. The van der Waals surface area contributed by atoms with Crippen LogP contribution in [-0.4, -0.2) is 25.3 Å². The van der Waals surface area contributed by atoms with Crippen LogP contribution in [-0.2, 0) is 14.3 Å². The number of esters is 1. The smallest absolute Gasteiger partial charge is 0.334 e. The molecule has 0 aromatic rings. The van der Waals surface area contributed by atoms with E-state index in [0.29, 0.717) is 13.2 Å². The van der Waals surface area contributed by atoms with Crippen LogP contribution in [0.15, 0.2) is 0 Å². The molecule has 3 heteroatoms. The Labute approximate surface area is 74.0 Å². The third-order valence-corrected chi connectivity index (χ3v) is 1.48. The number of hydrogen-bond acceptors (Lipinski definition) is 3. The first-order chi connectivity index (χ1) is 5.72. The molecule has 72 valence electrons. The molecule has 0 saturated carbocycles. The standard InChI is InChI=1S/C9H18O3/c1-4-6-7-12-8(3)9(10)11-5-2/h8H,4-7H2,1-3H3. The highest BCUT2D eigenvalue weighted by Crippen LogP contribution is 1.97. The highest BCUT2D eigenvalue weighted by atomic mass is 16.6. The van der Waals surface area contributed by atoms with Crippen molar-refractivity contribution in [1.29, 1.82) is 0 Å². The lowest BCUT2D eigenvalue weighted by Crippen LogP contribution is -2.23. The molecule has 0 amide bonds. The van der Waals surface area contributed by atoms with Gasteiger partial charge in [0.2, 0.25) is 0 Å². The van der Waals surface area contributed by atoms with Gasteiger partial charge in [0, 0.05) is 6.61 Å². The van der Waals surface area contributed by atoms with E-state index < -0.39 is 6.10 Å². The zero-order chi connectivity index (χ0) is 9.40. The topological polar surface area (TPSA) is 35.5 Å². The molecule has 3 nitrogen and oxygen atoms in total. The van der Waals surface area contributed by atoms with Crippen LogP contribution in [0.1, 0.15) is 33.6 Å². The van der Waals surface area contributed by atoms with Crippen molar-refractivity contribution in [2.24, 2.45) is 0 Å². The molecule has 12 heavy (non-hydrogen) atoms. The number of hydrogen-bond donors (Lipinski definition) is 0. The van der Waals surface area contributed by atoms with Crippen molar-refractivity contribution < 1.29 is 14.3 Å². The van der Waals surface area contributed by atoms with Gasteiger partial charge in [-0.3, -0.25) is 0 Å². The predicted molar refractivity (Wildman–Crippen MR) is 47.0 cm³/mol. The average molecular weight is 174 g/mol. The Balaban J connectivity index is 3.42. The van der Waals surface area contributed by atoms with Crippen molar-refractivity contribution in [3.8, 4) is 0 Å². The molecule has 0 bridgehead atoms. The zero-order valence-electron chi connectivity index (χ0n) is 8.13. The lowest BCUT2D eigenvalue weighted by molar-refractivity contribution is -0.155. The van der Waals surface area contributed by atoms with Crippen LogP contribution in [0.3, 0.4) is 0 Å². The van der Waals surface area contributed by atoms with E-state index in [2.05, 4.69) is 6.92 Å². The maximum Gasteiger partial charge on any atom is 0.334 e. The number of carbonyl (C=O) groups excluding carboxylic acids is 1. The summed E-state index contributed by atoms with van der Waals surface area (Å²) < 4.78 is 9.99. The van der Waals surface area contributed by atoms with Crippen molar-refractivity contribution in [2.75, 3.05) is 13.2 Å². The maximum atomic E-state index is 11.0. The molecule has 0 rings (SSSR count). The van der Waals surface area contributed by atoms with Gasteiger partial charge in [-0.05, 0) is 20.3 Å². The Kier molecular flexibility index (Phi) is 6.76. The number of carbonyl (C=O) groups is 1. The summed E-state index contributed by atoms with van der Waals surface area (Å²) in [5.74, 6) is -0.270. The normalized spacial score (nSPS) is 12.6. The van der Waals surface area contributed by atoms with Gasteiger partial charge in [-0.25, -0.2) is 4.79 Å². The van der Waals surface area contributed by atoms with E-state index in [4.69, 9.17) is 9.47 Å². The molecule has 0 aromatic carbocycles. The van der Waals surface area contributed by atoms with Gasteiger partial charge in [0.05, 0.1) is 6.61 Å². The SMILES string of the molecule is CCCCOC(C)C(=O)OCC. The van der Waals surface area contributed by atoms with Gasteiger partial charge >= 0.3 is 5.97 Å². The van der Waals surface area contributed by atoms with Crippen molar-refractivity contribution in [2.45, 2.75) is 39.7 Å². The second-order valence-corrected chi connectivity index (χ2v) is 2.62. The fourth-order valence-corrected chi connectivity index (χ4v) is 0.732. The summed E-state index contributed by atoms with van der Waals surface area (Å²) in [4.78, 5) is 11.0. The van der Waals surface area contributed by atoms with Gasteiger partial charge in [0.25, 0.3) is 0 Å². The molecule has 1 unspecified atom stereocenters. The summed E-state index contributed by atoms with van der Waals surface area (Å²) in [6, 6.07) is 0. The zero-order valence-corrected chi connectivity index (χ0v) is 8.13. The van der Waals surface area contributed by atoms with Crippen molar-refractivity contribution in [3.63, 3.8) is 0 Å². The van der Waals surface area contributed by atoms with Crippen LogP contribution in [0, 0.1) is 0 Å². The third kappa shape index (κ3) is 5.13. The summed E-state index contributed by atoms with van der Waals surface area (Å²) in [5.41, 5.74) is 0. The first kappa shape index (κ1) is 11.4. The number of rotatable bonds is 6. The summed E-state index contributed by atoms with van der Waals surface area (Å²) in [5, 5.41) is 0. The molecule has 0 saturated heterocycles. The van der Waals surface area contributed by atoms with Gasteiger partial charge in [0.1, 0.15) is 0 Å². The Morgan fingerprint density at radius 1 is 1.42 bits per heavy atom. The minimum atomic E-state index is -0.420. The Bertz CT molecular complexity index is 123. The molecule has 0 N–H and O–H groups in total. The molecule has 0 aliphatic carbocycles. The van der Waals surface area contributed by atoms with E-state index in [-0.39, 0.29) is 5.97 Å². The molecule has 0 aromatic heterocycles. The van der Waals surface area contributed by atoms with Crippen LogP contribution in [0.4, 0.5) is 0 Å².